The molecule has 6 bridgehead atoms. The van der Waals surface area contributed by atoms with E-state index in [1.165, 1.54) is 33.5 Å². The summed E-state index contributed by atoms with van der Waals surface area (Å²) in [6, 6.07) is 29.6. The fourth-order valence-electron chi connectivity index (χ4n) is 12.2. The molecule has 0 radical (unpaired) electrons. The van der Waals surface area contributed by atoms with Crippen LogP contribution in [0, 0.1) is 35.0 Å². The van der Waals surface area contributed by atoms with Gasteiger partial charge in [0, 0.05) is 30.5 Å². The summed E-state index contributed by atoms with van der Waals surface area (Å²) < 4.78 is 19.6. The van der Waals surface area contributed by atoms with Gasteiger partial charge in [0.1, 0.15) is 19.3 Å². The molecule has 3 atom stereocenters. The molecule has 7 aliphatic carbocycles. The summed E-state index contributed by atoms with van der Waals surface area (Å²) in [6.07, 6.45) is 5.79. The standard InChI is InChI=1S/C50H53N3O9/c1-59-48(57)61-26-33-19-34(27-62-49(58)60-2)21-35(20-33)52-45(54)40(22-29-10-4-3-5-11-29)53-47(56)44-42-38-14-8-6-12-36(38)41(37-13-7-9-15-39(37)42)43(44)46(55)51-28-50-23-30-16-31(24-50)18-32(17-30)25-50/h3-15,19-21,30-32,40-44H,16-18,22-28H2,1-2H3,(H,51,55)(H,52,54)(H,53,56)/t30?,31?,32?,40-,41?,42?,43-,44+,50?/m0/s1. The van der Waals surface area contributed by atoms with Crippen molar-refractivity contribution >= 4 is 35.7 Å². The Morgan fingerprint density at radius 3 is 1.56 bits per heavy atom. The van der Waals surface area contributed by atoms with Crippen LogP contribution in [0.5, 0.6) is 0 Å². The summed E-state index contributed by atoms with van der Waals surface area (Å²) in [7, 11) is 2.40. The van der Waals surface area contributed by atoms with Crippen molar-refractivity contribution in [3.63, 3.8) is 0 Å². The second kappa shape index (κ2) is 17.3. The normalized spacial score (nSPS) is 26.3. The predicted molar refractivity (Wildman–Crippen MR) is 229 cm³/mol. The van der Waals surface area contributed by atoms with E-state index in [9.17, 15) is 14.4 Å². The maximum atomic E-state index is 15.3. The van der Waals surface area contributed by atoms with E-state index in [0.717, 1.165) is 64.8 Å². The molecule has 4 aromatic rings. The minimum Gasteiger partial charge on any atom is -0.438 e. The van der Waals surface area contributed by atoms with E-state index < -0.39 is 42.0 Å². The van der Waals surface area contributed by atoms with E-state index >= 15 is 9.59 Å². The number of hydrogen-bond acceptors (Lipinski definition) is 9. The molecule has 3 amide bonds. The molecule has 12 heteroatoms. The van der Waals surface area contributed by atoms with Crippen LogP contribution in [0.1, 0.15) is 89.3 Å². The molecule has 0 aromatic heterocycles. The number of amides is 3. The zero-order valence-electron chi connectivity index (χ0n) is 35.1. The number of hydrogen-bond donors (Lipinski definition) is 3. The van der Waals surface area contributed by atoms with Crippen molar-refractivity contribution in [2.45, 2.75) is 76.0 Å². The summed E-state index contributed by atoms with van der Waals surface area (Å²) >= 11 is 0. The number of methoxy groups -OCH3 is 2. The number of benzene rings is 4. The van der Waals surface area contributed by atoms with Gasteiger partial charge in [-0.2, -0.15) is 0 Å². The Morgan fingerprint density at radius 2 is 1.08 bits per heavy atom. The van der Waals surface area contributed by atoms with Crippen molar-refractivity contribution < 1.29 is 42.9 Å². The van der Waals surface area contributed by atoms with Gasteiger partial charge in [0.05, 0.1) is 26.1 Å². The van der Waals surface area contributed by atoms with E-state index in [4.69, 9.17) is 9.47 Å². The number of anilines is 1. The van der Waals surface area contributed by atoms with E-state index in [0.29, 0.717) is 23.4 Å². The van der Waals surface area contributed by atoms with Crippen LogP contribution in [0.2, 0.25) is 0 Å². The van der Waals surface area contributed by atoms with Gasteiger partial charge >= 0.3 is 12.3 Å². The average Bonchev–Trinajstić information content (AvgIpc) is 3.28. The van der Waals surface area contributed by atoms with Crippen LogP contribution in [-0.2, 0) is 53.0 Å². The van der Waals surface area contributed by atoms with Crippen LogP contribution >= 0.6 is 0 Å². The zero-order valence-corrected chi connectivity index (χ0v) is 35.1. The number of fused-ring (bicyclic) bond motifs is 1. The largest absolute Gasteiger partial charge is 0.508 e. The van der Waals surface area contributed by atoms with Gasteiger partial charge in [-0.3, -0.25) is 14.4 Å². The van der Waals surface area contributed by atoms with Crippen LogP contribution in [0.25, 0.3) is 0 Å². The molecule has 11 rings (SSSR count). The molecular weight excluding hydrogens is 787 g/mol. The first-order chi connectivity index (χ1) is 30.1. The number of ether oxygens (including phenoxy) is 4. The van der Waals surface area contributed by atoms with Gasteiger partial charge < -0.3 is 34.9 Å². The Morgan fingerprint density at radius 1 is 0.613 bits per heavy atom. The van der Waals surface area contributed by atoms with Gasteiger partial charge in [0.15, 0.2) is 0 Å². The molecule has 7 aliphatic rings. The summed E-state index contributed by atoms with van der Waals surface area (Å²) in [4.78, 5) is 68.5. The van der Waals surface area contributed by atoms with Crippen molar-refractivity contribution in [1.82, 2.24) is 10.6 Å². The first-order valence-corrected chi connectivity index (χ1v) is 21.7. The first kappa shape index (κ1) is 41.2. The van der Waals surface area contributed by atoms with E-state index in [2.05, 4.69) is 49.7 Å². The van der Waals surface area contributed by atoms with Gasteiger partial charge in [-0.1, -0.05) is 78.9 Å². The summed E-state index contributed by atoms with van der Waals surface area (Å²) in [5.74, 6) is -1.03. The highest BCUT2D eigenvalue weighted by Gasteiger charge is 2.56. The molecule has 4 fully saturated rings. The van der Waals surface area contributed by atoms with Gasteiger partial charge in [-0.25, -0.2) is 9.59 Å². The molecule has 0 heterocycles. The first-order valence-electron chi connectivity index (χ1n) is 21.7. The van der Waals surface area contributed by atoms with Crippen molar-refractivity contribution in [3.8, 4) is 0 Å². The molecule has 0 aliphatic heterocycles. The SMILES string of the molecule is COC(=O)OCc1cc(COC(=O)OC)cc(NC(=O)[C@H](Cc2ccccc2)NC(=O)[C@@H]2C3c4ccccc4C(c4ccccc43)[C@@H]2C(=O)NCC23CC4CC(CC(C4)C2)C3)c1. The lowest BCUT2D eigenvalue weighted by molar-refractivity contribution is -0.139. The second-order valence-corrected chi connectivity index (χ2v) is 18.2. The fourth-order valence-corrected chi connectivity index (χ4v) is 12.2. The maximum absolute atomic E-state index is 15.3. The van der Waals surface area contributed by atoms with Gasteiger partial charge in [-0.05, 0) is 119 Å². The molecule has 62 heavy (non-hydrogen) atoms. The van der Waals surface area contributed by atoms with Crippen LogP contribution in [0.3, 0.4) is 0 Å². The summed E-state index contributed by atoms with van der Waals surface area (Å²) in [6.45, 7) is 0.243. The lowest BCUT2D eigenvalue weighted by atomic mass is 9.49. The molecule has 4 aromatic carbocycles. The molecule has 12 nitrogen and oxygen atoms in total. The Hall–Kier alpha value is -6.17. The number of carbonyl (C=O) groups excluding carboxylic acids is 5. The highest BCUT2D eigenvalue weighted by Crippen LogP contribution is 2.61. The molecule has 0 unspecified atom stereocenters. The smallest absolute Gasteiger partial charge is 0.438 e. The van der Waals surface area contributed by atoms with E-state index in [1.54, 1.807) is 18.2 Å². The minimum atomic E-state index is -1.06. The lowest BCUT2D eigenvalue weighted by Gasteiger charge is -2.57. The van der Waals surface area contributed by atoms with Crippen molar-refractivity contribution in [2.75, 3.05) is 26.1 Å². The van der Waals surface area contributed by atoms with Gasteiger partial charge in [-0.15, -0.1) is 0 Å². The van der Waals surface area contributed by atoms with E-state index in [-0.39, 0.29) is 42.8 Å². The van der Waals surface area contributed by atoms with Crippen LogP contribution in [0.15, 0.2) is 97.1 Å². The van der Waals surface area contributed by atoms with Crippen molar-refractivity contribution in [3.05, 3.63) is 136 Å². The van der Waals surface area contributed by atoms with Crippen LogP contribution in [0.4, 0.5) is 15.3 Å². The zero-order chi connectivity index (χ0) is 43.0. The predicted octanol–water partition coefficient (Wildman–Crippen LogP) is 7.77. The van der Waals surface area contributed by atoms with Crippen LogP contribution in [-0.4, -0.2) is 56.8 Å². The quantitative estimate of drug-likeness (QED) is 0.114. The molecule has 4 saturated carbocycles. The maximum Gasteiger partial charge on any atom is 0.508 e. The molecule has 0 saturated heterocycles. The van der Waals surface area contributed by atoms with Crippen molar-refractivity contribution in [2.24, 2.45) is 35.0 Å². The number of nitrogens with one attached hydrogen (secondary N) is 3. The monoisotopic (exact) mass is 839 g/mol. The number of rotatable bonds is 13. The summed E-state index contributed by atoms with van der Waals surface area (Å²) in [5.41, 5.74) is 6.41. The van der Waals surface area contributed by atoms with Crippen LogP contribution < -0.4 is 16.0 Å². The Labute approximate surface area is 361 Å². The van der Waals surface area contributed by atoms with E-state index in [1.807, 2.05) is 54.6 Å². The minimum absolute atomic E-state index is 0.110. The topological polar surface area (TPSA) is 158 Å². The second-order valence-electron chi connectivity index (χ2n) is 18.2. The molecule has 3 N–H and O–H groups in total. The highest BCUT2D eigenvalue weighted by molar-refractivity contribution is 5.99. The molecular formula is C50H53N3O9. The molecule has 0 spiro atoms. The number of carbonyl (C=O) groups is 5. The third-order valence-electron chi connectivity index (χ3n) is 14.1. The average molecular weight is 840 g/mol. The van der Waals surface area contributed by atoms with Gasteiger partial charge in [0.25, 0.3) is 0 Å². The Bertz CT molecular complexity index is 2240. The Balaban J connectivity index is 1.03. The fraction of sp³-hybridized carbons (Fsp3) is 0.420. The van der Waals surface area contributed by atoms with Crippen molar-refractivity contribution in [1.29, 1.82) is 0 Å². The third-order valence-corrected chi connectivity index (χ3v) is 14.1. The third kappa shape index (κ3) is 8.26. The highest BCUT2D eigenvalue weighted by atomic mass is 16.7. The van der Waals surface area contributed by atoms with Gasteiger partial charge in [0.2, 0.25) is 17.7 Å². The molecule has 322 valence electrons. The lowest BCUT2D eigenvalue weighted by Crippen LogP contribution is -2.57. The Kier molecular flexibility index (Phi) is 11.5. The summed E-state index contributed by atoms with van der Waals surface area (Å²) in [5, 5.41) is 9.59.